The second-order valence-corrected chi connectivity index (χ2v) is 12.0. The van der Waals surface area contributed by atoms with Crippen molar-refractivity contribution in [2.45, 2.75) is 86.0 Å². The van der Waals surface area contributed by atoms with Gasteiger partial charge in [-0.05, 0) is 51.0 Å². The van der Waals surface area contributed by atoms with Crippen molar-refractivity contribution in [2.24, 2.45) is 16.3 Å². The number of allylic oxidation sites excluding steroid dienone is 5. The number of nitrogens with zero attached hydrogens (tertiary/aromatic N) is 3. The van der Waals surface area contributed by atoms with Crippen molar-refractivity contribution in [2.75, 3.05) is 20.2 Å². The van der Waals surface area contributed by atoms with Crippen LogP contribution < -0.4 is 5.32 Å². The molecule has 7 nitrogen and oxygen atoms in total. The van der Waals surface area contributed by atoms with Crippen LogP contribution in [0.15, 0.2) is 40.4 Å². The summed E-state index contributed by atoms with van der Waals surface area (Å²) in [5, 5.41) is 24.8. The highest BCUT2D eigenvalue weighted by Crippen LogP contribution is 2.43. The summed E-state index contributed by atoms with van der Waals surface area (Å²) in [5.74, 6) is -0.825. The van der Waals surface area contributed by atoms with Gasteiger partial charge in [-0.15, -0.1) is 11.3 Å². The fourth-order valence-electron chi connectivity index (χ4n) is 5.02. The SMILES string of the molecule is CCCC(C(=O)CO)C(C)(C)CC(C)(O)c1ncc(/C(=C/C(C)=C\CNC2N=CC(F)=C(C)N2C)CC)s1. The number of hydrogen-bond donors (Lipinski definition) is 3. The number of aliphatic imine (C=N–C) groups is 1. The number of thiazole rings is 1. The van der Waals surface area contributed by atoms with Crippen LogP contribution in [-0.2, 0) is 10.4 Å². The first-order chi connectivity index (χ1) is 17.8. The Kier molecular flexibility index (Phi) is 11.6. The van der Waals surface area contributed by atoms with E-state index in [1.54, 1.807) is 32.0 Å². The van der Waals surface area contributed by atoms with Crippen LogP contribution in [-0.4, -0.2) is 58.6 Å². The van der Waals surface area contributed by atoms with Gasteiger partial charge in [0.2, 0.25) is 0 Å². The van der Waals surface area contributed by atoms with Gasteiger partial charge in [-0.1, -0.05) is 51.8 Å². The van der Waals surface area contributed by atoms with Crippen LogP contribution >= 0.6 is 11.3 Å². The number of Topliss-reactive ketones (excluding diaryl/α,β-unsaturated/α-hetero) is 1. The zero-order chi connectivity index (χ0) is 28.7. The van der Waals surface area contributed by atoms with E-state index in [4.69, 9.17) is 0 Å². The Labute approximate surface area is 231 Å². The molecule has 0 spiro atoms. The number of nitrogens with one attached hydrogen (secondary N) is 1. The molecule has 0 saturated heterocycles. The molecule has 0 saturated carbocycles. The lowest BCUT2D eigenvalue weighted by molar-refractivity contribution is -0.131. The fourth-order valence-corrected chi connectivity index (χ4v) is 6.07. The first kappa shape index (κ1) is 32.0. The van der Waals surface area contributed by atoms with E-state index >= 15 is 0 Å². The molecule has 1 aromatic rings. The molecule has 0 aromatic carbocycles. The molecule has 0 amide bonds. The van der Waals surface area contributed by atoms with E-state index in [1.165, 1.54) is 17.6 Å². The van der Waals surface area contributed by atoms with E-state index in [9.17, 15) is 19.4 Å². The maximum absolute atomic E-state index is 13.7. The summed E-state index contributed by atoms with van der Waals surface area (Å²) >= 11 is 1.47. The number of ketones is 1. The lowest BCUT2D eigenvalue weighted by Gasteiger charge is -2.38. The van der Waals surface area contributed by atoms with Gasteiger partial charge in [0.1, 0.15) is 17.2 Å². The van der Waals surface area contributed by atoms with Gasteiger partial charge in [-0.3, -0.25) is 15.1 Å². The van der Waals surface area contributed by atoms with Crippen LogP contribution in [0.1, 0.15) is 84.0 Å². The predicted molar refractivity (Wildman–Crippen MR) is 154 cm³/mol. The molecule has 9 heteroatoms. The molecule has 212 valence electrons. The Morgan fingerprint density at radius 2 is 2.03 bits per heavy atom. The lowest BCUT2D eigenvalue weighted by Crippen LogP contribution is -2.43. The highest BCUT2D eigenvalue weighted by molar-refractivity contribution is 7.12. The third-order valence-electron chi connectivity index (χ3n) is 7.23. The summed E-state index contributed by atoms with van der Waals surface area (Å²) in [4.78, 5) is 24.0. The smallest absolute Gasteiger partial charge is 0.176 e. The van der Waals surface area contributed by atoms with Crippen molar-refractivity contribution < 1.29 is 19.4 Å². The summed E-state index contributed by atoms with van der Waals surface area (Å²) in [7, 11) is 1.81. The van der Waals surface area contributed by atoms with Gasteiger partial charge in [0.25, 0.3) is 0 Å². The maximum Gasteiger partial charge on any atom is 0.176 e. The normalized spacial score (nSPS) is 19.7. The van der Waals surface area contributed by atoms with E-state index in [-0.39, 0.29) is 23.8 Å². The second kappa shape index (κ2) is 13.7. The van der Waals surface area contributed by atoms with Crippen LogP contribution in [0, 0.1) is 11.3 Å². The number of halogens is 1. The molecular formula is C29H45FN4O3S. The Morgan fingerprint density at radius 3 is 2.63 bits per heavy atom. The van der Waals surface area contributed by atoms with Gasteiger partial charge in [0, 0.05) is 25.7 Å². The summed E-state index contributed by atoms with van der Waals surface area (Å²) in [5.41, 5.74) is 1.03. The average molecular weight is 549 g/mol. The van der Waals surface area contributed by atoms with Crippen LogP contribution in [0.2, 0.25) is 0 Å². The van der Waals surface area contributed by atoms with Crippen molar-refractivity contribution in [3.63, 3.8) is 0 Å². The quantitative estimate of drug-likeness (QED) is 0.263. The monoisotopic (exact) mass is 548 g/mol. The van der Waals surface area contributed by atoms with Gasteiger partial charge < -0.3 is 15.1 Å². The molecule has 0 bridgehead atoms. The number of aliphatic hydroxyl groups excluding tert-OH is 1. The Balaban J connectivity index is 2.13. The van der Waals surface area contributed by atoms with E-state index < -0.39 is 17.6 Å². The standard InChI is InChI=1S/C29H45FN4O3S/c1-9-11-22(24(36)17-35)28(5,6)18-29(7,37)26-32-16-25(38-26)21(10-2)14-19(3)12-13-31-27-33-15-23(30)20(4)34(27)8/h12,14-16,22,27,31,35,37H,9-11,13,17-18H2,1-8H3/b19-12-,21-14+. The van der Waals surface area contributed by atoms with Crippen molar-refractivity contribution in [3.05, 3.63) is 45.3 Å². The molecule has 3 atom stereocenters. The zero-order valence-electron chi connectivity index (χ0n) is 24.1. The Morgan fingerprint density at radius 1 is 1.34 bits per heavy atom. The van der Waals surface area contributed by atoms with Gasteiger partial charge in [0.05, 0.1) is 16.8 Å². The van der Waals surface area contributed by atoms with E-state index in [0.717, 1.165) is 28.9 Å². The minimum Gasteiger partial charge on any atom is -0.389 e. The van der Waals surface area contributed by atoms with Gasteiger partial charge in [-0.25, -0.2) is 9.37 Å². The number of aliphatic hydroxyl groups is 2. The minimum absolute atomic E-state index is 0.180. The molecular weight excluding hydrogens is 503 g/mol. The molecule has 0 radical (unpaired) electrons. The largest absolute Gasteiger partial charge is 0.389 e. The van der Waals surface area contributed by atoms with Gasteiger partial charge in [-0.2, -0.15) is 0 Å². The first-order valence-corrected chi connectivity index (χ1v) is 14.1. The number of rotatable bonds is 14. The summed E-state index contributed by atoms with van der Waals surface area (Å²) in [6, 6.07) is 0. The predicted octanol–water partition coefficient (Wildman–Crippen LogP) is 5.57. The molecule has 3 N–H and O–H groups in total. The number of hydrogen-bond acceptors (Lipinski definition) is 8. The Hall–Kier alpha value is -2.20. The average Bonchev–Trinajstić information content (AvgIpc) is 3.36. The number of carbonyl (C=O) groups is 1. The third kappa shape index (κ3) is 8.15. The molecule has 0 fully saturated rings. The number of aromatic nitrogens is 1. The van der Waals surface area contributed by atoms with Crippen LogP contribution in [0.25, 0.3) is 5.57 Å². The third-order valence-corrected chi connectivity index (χ3v) is 8.55. The summed E-state index contributed by atoms with van der Waals surface area (Å²) in [6.07, 6.45) is 9.59. The summed E-state index contributed by atoms with van der Waals surface area (Å²) < 4.78 is 13.7. The van der Waals surface area contributed by atoms with Crippen molar-refractivity contribution in [3.8, 4) is 0 Å². The van der Waals surface area contributed by atoms with Crippen molar-refractivity contribution in [1.29, 1.82) is 0 Å². The molecule has 1 aliphatic rings. The maximum atomic E-state index is 13.7. The first-order valence-electron chi connectivity index (χ1n) is 13.3. The number of carbonyl (C=O) groups excluding carboxylic acids is 1. The Bertz CT molecular complexity index is 1090. The van der Waals surface area contributed by atoms with Crippen molar-refractivity contribution in [1.82, 2.24) is 15.2 Å². The highest BCUT2D eigenvalue weighted by atomic mass is 32.1. The van der Waals surface area contributed by atoms with Gasteiger partial charge >= 0.3 is 0 Å². The molecule has 0 aliphatic carbocycles. The topological polar surface area (TPSA) is 98.0 Å². The molecule has 2 heterocycles. The molecule has 38 heavy (non-hydrogen) atoms. The fraction of sp³-hybridized carbons (Fsp3) is 0.621. The van der Waals surface area contributed by atoms with Gasteiger partial charge in [0.15, 0.2) is 17.9 Å². The molecule has 2 rings (SSSR count). The second-order valence-electron chi connectivity index (χ2n) is 11.0. The van der Waals surface area contributed by atoms with Crippen LogP contribution in [0.4, 0.5) is 4.39 Å². The van der Waals surface area contributed by atoms with E-state index in [0.29, 0.717) is 30.1 Å². The summed E-state index contributed by atoms with van der Waals surface area (Å²) in [6.45, 7) is 13.7. The van der Waals surface area contributed by atoms with Crippen LogP contribution in [0.3, 0.4) is 0 Å². The van der Waals surface area contributed by atoms with E-state index in [1.807, 2.05) is 27.7 Å². The molecule has 1 aliphatic heterocycles. The van der Waals surface area contributed by atoms with Crippen LogP contribution in [0.5, 0.6) is 0 Å². The molecule has 3 unspecified atom stereocenters. The highest BCUT2D eigenvalue weighted by Gasteiger charge is 2.41. The lowest BCUT2D eigenvalue weighted by atomic mass is 9.68. The zero-order valence-corrected chi connectivity index (χ0v) is 25.0. The molecule has 1 aromatic heterocycles. The van der Waals surface area contributed by atoms with Crippen molar-refractivity contribution >= 4 is 28.9 Å². The van der Waals surface area contributed by atoms with E-state index in [2.05, 4.69) is 34.4 Å². The minimum atomic E-state index is -1.21.